The second-order valence-corrected chi connectivity index (χ2v) is 5.45. The molecule has 0 amide bonds. The standard InChI is InChI=1S/C20H16N2/c1-22(18-12-10-15-6-2-3-8-17(15)14-18)20-13-11-16-7-4-5-9-19(16)21-20/h2-14H,1H3. The van der Waals surface area contributed by atoms with Crippen LogP contribution in [0.5, 0.6) is 0 Å². The van der Waals surface area contributed by atoms with Gasteiger partial charge >= 0.3 is 0 Å². The van der Waals surface area contributed by atoms with Crippen molar-refractivity contribution in [2.24, 2.45) is 0 Å². The van der Waals surface area contributed by atoms with E-state index >= 15 is 0 Å². The van der Waals surface area contributed by atoms with Crippen LogP contribution < -0.4 is 4.90 Å². The smallest absolute Gasteiger partial charge is 0.133 e. The van der Waals surface area contributed by atoms with Gasteiger partial charge in [-0.3, -0.25) is 0 Å². The van der Waals surface area contributed by atoms with Gasteiger partial charge in [-0.1, -0.05) is 48.5 Å². The molecule has 2 nitrogen and oxygen atoms in total. The Bertz CT molecular complexity index is 880. The van der Waals surface area contributed by atoms with Gasteiger partial charge in [-0.05, 0) is 41.1 Å². The van der Waals surface area contributed by atoms with Gasteiger partial charge in [0.05, 0.1) is 5.52 Å². The Balaban J connectivity index is 1.78. The summed E-state index contributed by atoms with van der Waals surface area (Å²) in [5.74, 6) is 0.953. The van der Waals surface area contributed by atoms with Crippen molar-refractivity contribution in [3.8, 4) is 0 Å². The van der Waals surface area contributed by atoms with Gasteiger partial charge < -0.3 is 4.90 Å². The maximum Gasteiger partial charge on any atom is 0.133 e. The maximum absolute atomic E-state index is 4.76. The van der Waals surface area contributed by atoms with Crippen molar-refractivity contribution in [2.75, 3.05) is 11.9 Å². The number of benzene rings is 3. The average Bonchev–Trinajstić information content (AvgIpc) is 2.60. The van der Waals surface area contributed by atoms with E-state index in [1.165, 1.54) is 10.8 Å². The molecule has 0 aliphatic rings. The molecular weight excluding hydrogens is 268 g/mol. The number of hydrogen-bond donors (Lipinski definition) is 0. The Kier molecular flexibility index (Phi) is 3.01. The fraction of sp³-hybridized carbons (Fsp3) is 0.0500. The average molecular weight is 284 g/mol. The minimum Gasteiger partial charge on any atom is -0.329 e. The van der Waals surface area contributed by atoms with Gasteiger partial charge in [-0.2, -0.15) is 0 Å². The van der Waals surface area contributed by atoms with E-state index in [0.717, 1.165) is 22.4 Å². The third-order valence-electron chi connectivity index (χ3n) is 4.05. The van der Waals surface area contributed by atoms with Crippen molar-refractivity contribution >= 4 is 33.2 Å². The van der Waals surface area contributed by atoms with Crippen molar-refractivity contribution < 1.29 is 0 Å². The summed E-state index contributed by atoms with van der Waals surface area (Å²) >= 11 is 0. The van der Waals surface area contributed by atoms with Crippen molar-refractivity contribution in [1.29, 1.82) is 0 Å². The molecule has 0 N–H and O–H groups in total. The molecule has 0 saturated heterocycles. The van der Waals surface area contributed by atoms with Crippen LogP contribution in [-0.4, -0.2) is 12.0 Å². The molecule has 0 radical (unpaired) electrons. The molecule has 0 saturated carbocycles. The molecule has 0 bridgehead atoms. The molecule has 0 unspecified atom stereocenters. The summed E-state index contributed by atoms with van der Waals surface area (Å²) in [4.78, 5) is 6.88. The first-order valence-corrected chi connectivity index (χ1v) is 7.40. The van der Waals surface area contributed by atoms with Gasteiger partial charge in [0.2, 0.25) is 0 Å². The number of nitrogens with zero attached hydrogens (tertiary/aromatic N) is 2. The molecule has 1 aromatic heterocycles. The summed E-state index contributed by atoms with van der Waals surface area (Å²) in [5.41, 5.74) is 2.16. The van der Waals surface area contributed by atoms with E-state index in [1.807, 2.05) is 18.2 Å². The molecule has 106 valence electrons. The van der Waals surface area contributed by atoms with Gasteiger partial charge in [0.15, 0.2) is 0 Å². The van der Waals surface area contributed by atoms with Crippen molar-refractivity contribution in [3.63, 3.8) is 0 Å². The highest BCUT2D eigenvalue weighted by Gasteiger charge is 2.07. The lowest BCUT2D eigenvalue weighted by Gasteiger charge is -2.19. The number of pyridine rings is 1. The molecule has 4 rings (SSSR count). The van der Waals surface area contributed by atoms with E-state index in [0.29, 0.717) is 0 Å². The Hall–Kier alpha value is -2.87. The Labute approximate surface area is 129 Å². The van der Waals surface area contributed by atoms with Gasteiger partial charge in [-0.25, -0.2) is 4.98 Å². The highest BCUT2D eigenvalue weighted by molar-refractivity contribution is 5.87. The molecule has 22 heavy (non-hydrogen) atoms. The van der Waals surface area contributed by atoms with Crippen LogP contribution >= 0.6 is 0 Å². The highest BCUT2D eigenvalue weighted by Crippen LogP contribution is 2.27. The van der Waals surface area contributed by atoms with Crippen LogP contribution in [0.3, 0.4) is 0 Å². The maximum atomic E-state index is 4.76. The van der Waals surface area contributed by atoms with E-state index in [9.17, 15) is 0 Å². The van der Waals surface area contributed by atoms with Gasteiger partial charge in [0.1, 0.15) is 5.82 Å². The SMILES string of the molecule is CN(c1ccc2ccccc2c1)c1ccc2ccccc2n1. The monoisotopic (exact) mass is 284 g/mol. The molecular formula is C20H16N2. The molecule has 2 heteroatoms. The third kappa shape index (κ3) is 2.19. The van der Waals surface area contributed by atoms with Crippen LogP contribution in [0.25, 0.3) is 21.7 Å². The number of anilines is 2. The Morgan fingerprint density at radius 3 is 2.23 bits per heavy atom. The lowest BCUT2D eigenvalue weighted by atomic mass is 10.1. The molecule has 0 aliphatic heterocycles. The first-order valence-electron chi connectivity index (χ1n) is 7.40. The van der Waals surface area contributed by atoms with E-state index < -0.39 is 0 Å². The van der Waals surface area contributed by atoms with E-state index in [1.54, 1.807) is 0 Å². The number of fused-ring (bicyclic) bond motifs is 2. The number of para-hydroxylation sites is 1. The van der Waals surface area contributed by atoms with E-state index in [-0.39, 0.29) is 0 Å². The van der Waals surface area contributed by atoms with Crippen molar-refractivity contribution in [2.45, 2.75) is 0 Å². The predicted molar refractivity (Wildman–Crippen MR) is 93.8 cm³/mol. The molecule has 4 aromatic rings. The first kappa shape index (κ1) is 12.8. The summed E-state index contributed by atoms with van der Waals surface area (Å²) in [6.07, 6.45) is 0. The van der Waals surface area contributed by atoms with E-state index in [4.69, 9.17) is 4.98 Å². The van der Waals surface area contributed by atoms with Crippen molar-refractivity contribution in [3.05, 3.63) is 78.9 Å². The van der Waals surface area contributed by atoms with Crippen LogP contribution in [0.4, 0.5) is 11.5 Å². The zero-order valence-electron chi connectivity index (χ0n) is 12.4. The summed E-state index contributed by atoms with van der Waals surface area (Å²) < 4.78 is 0. The topological polar surface area (TPSA) is 16.1 Å². The predicted octanol–water partition coefficient (Wildman–Crippen LogP) is 5.16. The molecule has 0 atom stereocenters. The van der Waals surface area contributed by atoms with Crippen LogP contribution in [0.2, 0.25) is 0 Å². The van der Waals surface area contributed by atoms with Gasteiger partial charge in [0.25, 0.3) is 0 Å². The third-order valence-corrected chi connectivity index (χ3v) is 4.05. The molecule has 1 heterocycles. The molecule has 0 spiro atoms. The largest absolute Gasteiger partial charge is 0.329 e. The molecule has 0 fully saturated rings. The van der Waals surface area contributed by atoms with Crippen LogP contribution in [0.15, 0.2) is 78.9 Å². The summed E-state index contributed by atoms with van der Waals surface area (Å²) in [5, 5.41) is 3.66. The Morgan fingerprint density at radius 2 is 1.36 bits per heavy atom. The number of aromatic nitrogens is 1. The van der Waals surface area contributed by atoms with Gasteiger partial charge in [-0.15, -0.1) is 0 Å². The molecule has 0 aliphatic carbocycles. The number of hydrogen-bond acceptors (Lipinski definition) is 2. The van der Waals surface area contributed by atoms with Crippen LogP contribution in [0.1, 0.15) is 0 Å². The van der Waals surface area contributed by atoms with Crippen LogP contribution in [-0.2, 0) is 0 Å². The van der Waals surface area contributed by atoms with Crippen molar-refractivity contribution in [1.82, 2.24) is 4.98 Å². The zero-order chi connectivity index (χ0) is 14.9. The second-order valence-electron chi connectivity index (χ2n) is 5.45. The fourth-order valence-corrected chi connectivity index (χ4v) is 2.76. The number of rotatable bonds is 2. The fourth-order valence-electron chi connectivity index (χ4n) is 2.76. The normalized spacial score (nSPS) is 11.0. The first-order chi connectivity index (χ1) is 10.8. The highest BCUT2D eigenvalue weighted by atomic mass is 15.2. The summed E-state index contributed by atoms with van der Waals surface area (Å²) in [7, 11) is 2.06. The summed E-state index contributed by atoms with van der Waals surface area (Å²) in [6, 6.07) is 27.3. The summed E-state index contributed by atoms with van der Waals surface area (Å²) in [6.45, 7) is 0. The van der Waals surface area contributed by atoms with Gasteiger partial charge in [0, 0.05) is 18.1 Å². The quantitative estimate of drug-likeness (QED) is 0.505. The zero-order valence-corrected chi connectivity index (χ0v) is 12.4. The lowest BCUT2D eigenvalue weighted by molar-refractivity contribution is 1.15. The Morgan fingerprint density at radius 1 is 0.682 bits per heavy atom. The van der Waals surface area contributed by atoms with E-state index in [2.05, 4.69) is 72.6 Å². The van der Waals surface area contributed by atoms with Crippen LogP contribution in [0, 0.1) is 0 Å². The second kappa shape index (κ2) is 5.15. The minimum absolute atomic E-state index is 0.953. The molecule has 3 aromatic carbocycles. The lowest BCUT2D eigenvalue weighted by Crippen LogP contribution is -2.10. The minimum atomic E-state index is 0.953.